The molecule has 8 heteroatoms. The number of hydrogen-bond acceptors (Lipinski definition) is 4. The highest BCUT2D eigenvalue weighted by atomic mass is 19.4. The topological polar surface area (TPSA) is 79.7 Å². The minimum Gasteiger partial charge on any atom is -0.505 e. The van der Waals surface area contributed by atoms with Crippen LogP contribution < -0.4 is 4.74 Å². The highest BCUT2D eigenvalue weighted by Gasteiger charge is 2.35. The van der Waals surface area contributed by atoms with E-state index in [-0.39, 0.29) is 17.0 Å². The van der Waals surface area contributed by atoms with Gasteiger partial charge in [0.2, 0.25) is 0 Å². The van der Waals surface area contributed by atoms with Gasteiger partial charge in [-0.3, -0.25) is 4.98 Å². The predicted octanol–water partition coefficient (Wildman–Crippen LogP) is 3.18. The second-order valence-electron chi connectivity index (χ2n) is 4.27. The van der Waals surface area contributed by atoms with E-state index in [2.05, 4.69) is 4.98 Å². The number of methoxy groups -OCH3 is 1. The average molecular weight is 313 g/mol. The van der Waals surface area contributed by atoms with Gasteiger partial charge in [0, 0.05) is 0 Å². The first-order valence-electron chi connectivity index (χ1n) is 5.92. The maximum atomic E-state index is 13.1. The zero-order valence-corrected chi connectivity index (χ0v) is 11.2. The molecule has 0 aliphatic heterocycles. The van der Waals surface area contributed by atoms with Crippen LogP contribution in [0.25, 0.3) is 11.3 Å². The van der Waals surface area contributed by atoms with Crippen LogP contribution in [0.15, 0.2) is 30.5 Å². The summed E-state index contributed by atoms with van der Waals surface area (Å²) < 4.78 is 44.3. The number of ether oxygens (including phenoxy) is 1. The number of carboxylic acid groups (broad SMARTS) is 1. The number of aromatic hydroxyl groups is 1. The van der Waals surface area contributed by atoms with Gasteiger partial charge in [-0.05, 0) is 18.2 Å². The standard InChI is InChI=1S/C14H10F3NO4/c1-22-11-4-2-3-8(14(15,16)17)12(11)9-5-7(13(20)21)10(19)6-18-9/h2-6,19H,1H3,(H,20,21). The number of hydrogen-bond donors (Lipinski definition) is 2. The van der Waals surface area contributed by atoms with Crippen LogP contribution in [-0.4, -0.2) is 28.3 Å². The van der Waals surface area contributed by atoms with Crippen molar-refractivity contribution in [3.63, 3.8) is 0 Å². The highest BCUT2D eigenvalue weighted by molar-refractivity contribution is 5.92. The minimum absolute atomic E-state index is 0.107. The van der Waals surface area contributed by atoms with Gasteiger partial charge in [-0.15, -0.1) is 0 Å². The largest absolute Gasteiger partial charge is 0.505 e. The first kappa shape index (κ1) is 15.6. The van der Waals surface area contributed by atoms with E-state index in [0.717, 1.165) is 18.3 Å². The molecule has 0 saturated heterocycles. The summed E-state index contributed by atoms with van der Waals surface area (Å²) in [7, 11) is 1.19. The van der Waals surface area contributed by atoms with Crippen molar-refractivity contribution in [1.82, 2.24) is 4.98 Å². The molecule has 0 spiro atoms. The molecule has 2 aromatic rings. The number of carbonyl (C=O) groups is 1. The lowest BCUT2D eigenvalue weighted by atomic mass is 10.0. The number of rotatable bonds is 3. The number of aromatic carboxylic acids is 1. The fourth-order valence-electron chi connectivity index (χ4n) is 1.96. The van der Waals surface area contributed by atoms with Gasteiger partial charge in [-0.25, -0.2) is 4.79 Å². The van der Waals surface area contributed by atoms with E-state index in [1.165, 1.54) is 19.2 Å². The molecule has 0 fully saturated rings. The van der Waals surface area contributed by atoms with Crippen molar-refractivity contribution in [1.29, 1.82) is 0 Å². The highest BCUT2D eigenvalue weighted by Crippen LogP contribution is 2.41. The molecule has 116 valence electrons. The Kier molecular flexibility index (Phi) is 3.94. The van der Waals surface area contributed by atoms with Gasteiger partial charge in [0.05, 0.1) is 30.1 Å². The number of alkyl halides is 3. The van der Waals surface area contributed by atoms with E-state index >= 15 is 0 Å². The molecule has 2 N–H and O–H groups in total. The van der Waals surface area contributed by atoms with Crippen molar-refractivity contribution >= 4 is 5.97 Å². The summed E-state index contributed by atoms with van der Waals surface area (Å²) in [4.78, 5) is 14.7. The molecule has 0 aliphatic rings. The van der Waals surface area contributed by atoms with Crippen LogP contribution in [0.4, 0.5) is 13.2 Å². The van der Waals surface area contributed by atoms with E-state index in [4.69, 9.17) is 9.84 Å². The number of carboxylic acids is 1. The van der Waals surface area contributed by atoms with Crippen LogP contribution in [0, 0.1) is 0 Å². The van der Waals surface area contributed by atoms with E-state index in [1.54, 1.807) is 0 Å². The number of halogens is 3. The van der Waals surface area contributed by atoms with Crippen LogP contribution in [-0.2, 0) is 6.18 Å². The van der Waals surface area contributed by atoms with Gasteiger partial charge < -0.3 is 14.9 Å². The Balaban J connectivity index is 2.76. The van der Waals surface area contributed by atoms with Gasteiger partial charge in [0.15, 0.2) is 0 Å². The molecular weight excluding hydrogens is 303 g/mol. The molecule has 22 heavy (non-hydrogen) atoms. The van der Waals surface area contributed by atoms with Gasteiger partial charge in [-0.2, -0.15) is 13.2 Å². The Bertz CT molecular complexity index is 729. The fourth-order valence-corrected chi connectivity index (χ4v) is 1.96. The Hall–Kier alpha value is -2.77. The number of pyridine rings is 1. The number of aromatic nitrogens is 1. The van der Waals surface area contributed by atoms with Gasteiger partial charge in [-0.1, -0.05) is 6.07 Å². The van der Waals surface area contributed by atoms with Crippen molar-refractivity contribution in [2.24, 2.45) is 0 Å². The first-order chi connectivity index (χ1) is 10.3. The van der Waals surface area contributed by atoms with Crippen molar-refractivity contribution in [2.45, 2.75) is 6.18 Å². The van der Waals surface area contributed by atoms with Crippen molar-refractivity contribution in [3.8, 4) is 22.8 Å². The maximum absolute atomic E-state index is 13.1. The summed E-state index contributed by atoms with van der Waals surface area (Å²) in [5.74, 6) is -2.23. The first-order valence-corrected chi connectivity index (χ1v) is 5.92. The molecule has 0 amide bonds. The number of nitrogens with zero attached hydrogens (tertiary/aromatic N) is 1. The molecule has 0 radical (unpaired) electrons. The van der Waals surface area contributed by atoms with Gasteiger partial charge >= 0.3 is 12.1 Å². The Morgan fingerprint density at radius 2 is 2.00 bits per heavy atom. The molecule has 2 rings (SSSR count). The van der Waals surface area contributed by atoms with E-state index in [9.17, 15) is 23.1 Å². The smallest absolute Gasteiger partial charge is 0.417 e. The molecule has 1 heterocycles. The van der Waals surface area contributed by atoms with Crippen LogP contribution in [0.1, 0.15) is 15.9 Å². The van der Waals surface area contributed by atoms with Crippen molar-refractivity contribution in [3.05, 3.63) is 41.6 Å². The van der Waals surface area contributed by atoms with Crippen LogP contribution >= 0.6 is 0 Å². The molecule has 0 saturated carbocycles. The molecule has 0 bridgehead atoms. The van der Waals surface area contributed by atoms with Crippen molar-refractivity contribution in [2.75, 3.05) is 7.11 Å². The monoisotopic (exact) mass is 313 g/mol. The van der Waals surface area contributed by atoms with Crippen molar-refractivity contribution < 1.29 is 32.9 Å². The summed E-state index contributed by atoms with van der Waals surface area (Å²) >= 11 is 0. The lowest BCUT2D eigenvalue weighted by molar-refractivity contribution is -0.137. The molecule has 0 atom stereocenters. The lowest BCUT2D eigenvalue weighted by Gasteiger charge is -2.16. The molecule has 0 unspecified atom stereocenters. The molecular formula is C14H10F3NO4. The van der Waals surface area contributed by atoms with Gasteiger partial charge in [0.25, 0.3) is 0 Å². The summed E-state index contributed by atoms with van der Waals surface area (Å²) in [5.41, 5.74) is -2.22. The second kappa shape index (κ2) is 5.55. The van der Waals surface area contributed by atoms with E-state index in [0.29, 0.717) is 0 Å². The summed E-state index contributed by atoms with van der Waals surface area (Å²) in [6, 6.07) is 4.18. The predicted molar refractivity (Wildman–Crippen MR) is 69.9 cm³/mol. The number of benzene rings is 1. The Morgan fingerprint density at radius 1 is 1.32 bits per heavy atom. The van der Waals surface area contributed by atoms with Gasteiger partial charge in [0.1, 0.15) is 17.1 Å². The molecule has 1 aromatic heterocycles. The third-order valence-corrected chi connectivity index (χ3v) is 2.92. The third kappa shape index (κ3) is 2.80. The Morgan fingerprint density at radius 3 is 2.55 bits per heavy atom. The second-order valence-corrected chi connectivity index (χ2v) is 4.27. The zero-order chi connectivity index (χ0) is 16.5. The fraction of sp³-hybridized carbons (Fsp3) is 0.143. The third-order valence-electron chi connectivity index (χ3n) is 2.92. The minimum atomic E-state index is -4.67. The van der Waals surface area contributed by atoms with Crippen LogP contribution in [0.2, 0.25) is 0 Å². The maximum Gasteiger partial charge on any atom is 0.417 e. The normalized spacial score (nSPS) is 11.3. The summed E-state index contributed by atoms with van der Waals surface area (Å²) in [6.45, 7) is 0. The molecule has 0 aliphatic carbocycles. The quantitative estimate of drug-likeness (QED) is 0.910. The Labute approximate surface area is 122 Å². The van der Waals surface area contributed by atoms with Crippen LogP contribution in [0.5, 0.6) is 11.5 Å². The molecule has 5 nitrogen and oxygen atoms in total. The van der Waals surface area contributed by atoms with E-state index < -0.39 is 29.0 Å². The zero-order valence-electron chi connectivity index (χ0n) is 11.2. The SMILES string of the molecule is COc1cccc(C(F)(F)F)c1-c1cc(C(=O)O)c(O)cn1. The average Bonchev–Trinajstić information content (AvgIpc) is 2.45. The summed E-state index contributed by atoms with van der Waals surface area (Å²) in [6.07, 6.45) is -3.89. The summed E-state index contributed by atoms with van der Waals surface area (Å²) in [5, 5.41) is 18.4. The lowest BCUT2D eigenvalue weighted by Crippen LogP contribution is -2.09. The van der Waals surface area contributed by atoms with Crippen LogP contribution in [0.3, 0.4) is 0 Å². The molecule has 1 aromatic carbocycles. The van der Waals surface area contributed by atoms with E-state index in [1.807, 2.05) is 0 Å².